The number of ether oxygens (including phenoxy) is 2. The smallest absolute Gasteiger partial charge is 0.409 e. The van der Waals surface area contributed by atoms with Gasteiger partial charge in [-0.25, -0.2) is 9.48 Å². The molecule has 0 aliphatic carbocycles. The monoisotopic (exact) mass is 402 g/mol. The van der Waals surface area contributed by atoms with Gasteiger partial charge in [0.05, 0.1) is 12.6 Å². The van der Waals surface area contributed by atoms with Crippen LogP contribution in [0, 0.1) is 0 Å². The lowest BCUT2D eigenvalue weighted by atomic mass is 10.1. The Morgan fingerprint density at radius 3 is 2.34 bits per heavy atom. The molecule has 0 N–H and O–H groups in total. The van der Waals surface area contributed by atoms with Gasteiger partial charge in [-0.2, -0.15) is 0 Å². The molecule has 29 heavy (non-hydrogen) atoms. The number of hydrogen-bond donors (Lipinski definition) is 0. The van der Waals surface area contributed by atoms with E-state index < -0.39 is 0 Å². The van der Waals surface area contributed by atoms with E-state index in [9.17, 15) is 9.59 Å². The molecule has 0 spiro atoms. The zero-order valence-electron chi connectivity index (χ0n) is 16.9. The lowest BCUT2D eigenvalue weighted by molar-refractivity contribution is 0.0570. The standard InChI is InChI=1S/C19H26N6O4/c1-4-28-19(27)24-11-9-23(10-12-24)18(26)15-5-7-16(8-6-15)29-13-17-20-21-22-25(17)14(2)3/h5-8,14H,4,9-13H2,1-3H3. The molecule has 156 valence electrons. The van der Waals surface area contributed by atoms with Gasteiger partial charge < -0.3 is 19.3 Å². The van der Waals surface area contributed by atoms with Crippen molar-refractivity contribution in [3.8, 4) is 5.75 Å². The zero-order valence-corrected chi connectivity index (χ0v) is 16.9. The van der Waals surface area contributed by atoms with Crippen molar-refractivity contribution in [3.05, 3.63) is 35.7 Å². The van der Waals surface area contributed by atoms with Gasteiger partial charge in [-0.15, -0.1) is 5.10 Å². The first kappa shape index (κ1) is 20.6. The van der Waals surface area contributed by atoms with E-state index in [4.69, 9.17) is 9.47 Å². The minimum Gasteiger partial charge on any atom is -0.486 e. The highest BCUT2D eigenvalue weighted by molar-refractivity contribution is 5.94. The van der Waals surface area contributed by atoms with Crippen LogP contribution in [0.15, 0.2) is 24.3 Å². The van der Waals surface area contributed by atoms with Crippen molar-refractivity contribution in [3.63, 3.8) is 0 Å². The fourth-order valence-electron chi connectivity index (χ4n) is 3.04. The summed E-state index contributed by atoms with van der Waals surface area (Å²) in [5.41, 5.74) is 0.578. The summed E-state index contributed by atoms with van der Waals surface area (Å²) >= 11 is 0. The van der Waals surface area contributed by atoms with E-state index in [0.29, 0.717) is 49.9 Å². The summed E-state index contributed by atoms with van der Waals surface area (Å²) in [4.78, 5) is 27.8. The molecule has 0 unspecified atom stereocenters. The summed E-state index contributed by atoms with van der Waals surface area (Å²) in [5, 5.41) is 11.6. The van der Waals surface area contributed by atoms with E-state index in [0.717, 1.165) is 0 Å². The van der Waals surface area contributed by atoms with Crippen LogP contribution in [-0.4, -0.2) is 74.8 Å². The van der Waals surface area contributed by atoms with E-state index in [1.54, 1.807) is 45.7 Å². The molecule has 1 fully saturated rings. The van der Waals surface area contributed by atoms with Crippen LogP contribution in [-0.2, 0) is 11.3 Å². The number of rotatable bonds is 6. The SMILES string of the molecule is CCOC(=O)N1CCN(C(=O)c2ccc(OCc3nnnn3C(C)C)cc2)CC1. The normalized spacial score (nSPS) is 14.2. The van der Waals surface area contributed by atoms with Crippen LogP contribution in [0.25, 0.3) is 0 Å². The fraction of sp³-hybridized carbons (Fsp3) is 0.526. The summed E-state index contributed by atoms with van der Waals surface area (Å²) < 4.78 is 12.4. The van der Waals surface area contributed by atoms with Crippen molar-refractivity contribution in [2.24, 2.45) is 0 Å². The van der Waals surface area contributed by atoms with Gasteiger partial charge in [0.25, 0.3) is 5.91 Å². The van der Waals surface area contributed by atoms with Crippen LogP contribution in [0.2, 0.25) is 0 Å². The quantitative estimate of drug-likeness (QED) is 0.725. The molecule has 1 aromatic heterocycles. The second-order valence-corrected chi connectivity index (χ2v) is 6.92. The number of carbonyl (C=O) groups excluding carboxylic acids is 2. The van der Waals surface area contributed by atoms with Gasteiger partial charge >= 0.3 is 6.09 Å². The molecule has 2 amide bonds. The van der Waals surface area contributed by atoms with Gasteiger partial charge in [-0.1, -0.05) is 0 Å². The van der Waals surface area contributed by atoms with Crippen LogP contribution >= 0.6 is 0 Å². The molecule has 10 heteroatoms. The Bertz CT molecular complexity index is 827. The van der Waals surface area contributed by atoms with Crippen molar-refractivity contribution in [2.75, 3.05) is 32.8 Å². The minimum atomic E-state index is -0.329. The molecular weight excluding hydrogens is 376 g/mol. The predicted octanol–water partition coefficient (Wildman–Crippen LogP) is 1.75. The van der Waals surface area contributed by atoms with Crippen molar-refractivity contribution >= 4 is 12.0 Å². The Morgan fingerprint density at radius 2 is 1.72 bits per heavy atom. The number of tetrazole rings is 1. The molecule has 0 radical (unpaired) electrons. The molecule has 1 aliphatic heterocycles. The van der Waals surface area contributed by atoms with Gasteiger partial charge in [0.2, 0.25) is 0 Å². The Kier molecular flexibility index (Phi) is 6.63. The van der Waals surface area contributed by atoms with Crippen LogP contribution in [0.1, 0.15) is 43.0 Å². The molecular formula is C19H26N6O4. The molecule has 3 rings (SSSR count). The molecule has 1 saturated heterocycles. The van der Waals surface area contributed by atoms with Gasteiger partial charge in [-0.05, 0) is 55.5 Å². The van der Waals surface area contributed by atoms with E-state index in [1.807, 2.05) is 13.8 Å². The Morgan fingerprint density at radius 1 is 1.07 bits per heavy atom. The first-order valence-corrected chi connectivity index (χ1v) is 9.70. The van der Waals surface area contributed by atoms with Gasteiger partial charge in [0, 0.05) is 31.7 Å². The Hall–Kier alpha value is -3.17. The number of nitrogens with zero attached hydrogens (tertiary/aromatic N) is 6. The Labute approximate surface area is 169 Å². The van der Waals surface area contributed by atoms with Crippen LogP contribution < -0.4 is 4.74 Å². The second kappa shape index (κ2) is 9.35. The van der Waals surface area contributed by atoms with Gasteiger partial charge in [0.15, 0.2) is 5.82 Å². The molecule has 10 nitrogen and oxygen atoms in total. The summed E-state index contributed by atoms with van der Waals surface area (Å²) in [6, 6.07) is 7.13. The molecule has 0 bridgehead atoms. The number of carbonyl (C=O) groups is 2. The van der Waals surface area contributed by atoms with E-state index in [-0.39, 0.29) is 24.6 Å². The number of piperazine rings is 1. The van der Waals surface area contributed by atoms with Crippen LogP contribution in [0.4, 0.5) is 4.79 Å². The number of amides is 2. The van der Waals surface area contributed by atoms with Crippen molar-refractivity contribution in [1.82, 2.24) is 30.0 Å². The van der Waals surface area contributed by atoms with Gasteiger partial charge in [-0.3, -0.25) is 4.79 Å². The topological polar surface area (TPSA) is 103 Å². The Balaban J connectivity index is 1.53. The van der Waals surface area contributed by atoms with Crippen molar-refractivity contribution in [1.29, 1.82) is 0 Å². The molecule has 2 heterocycles. The lowest BCUT2D eigenvalue weighted by Crippen LogP contribution is -2.50. The van der Waals surface area contributed by atoms with Crippen molar-refractivity contribution < 1.29 is 19.1 Å². The zero-order chi connectivity index (χ0) is 20.8. The van der Waals surface area contributed by atoms with Crippen molar-refractivity contribution in [2.45, 2.75) is 33.4 Å². The highest BCUT2D eigenvalue weighted by Crippen LogP contribution is 2.16. The second-order valence-electron chi connectivity index (χ2n) is 6.92. The highest BCUT2D eigenvalue weighted by atomic mass is 16.6. The van der Waals surface area contributed by atoms with Crippen LogP contribution in [0.3, 0.4) is 0 Å². The first-order chi connectivity index (χ1) is 14.0. The maximum Gasteiger partial charge on any atom is 0.409 e. The lowest BCUT2D eigenvalue weighted by Gasteiger charge is -2.34. The molecule has 1 aromatic carbocycles. The number of hydrogen-bond acceptors (Lipinski definition) is 7. The van der Waals surface area contributed by atoms with Gasteiger partial charge in [0.1, 0.15) is 12.4 Å². The molecule has 0 atom stereocenters. The summed E-state index contributed by atoms with van der Waals surface area (Å²) in [6.07, 6.45) is -0.329. The number of aromatic nitrogens is 4. The third kappa shape index (κ3) is 5.01. The summed E-state index contributed by atoms with van der Waals surface area (Å²) in [7, 11) is 0. The number of benzene rings is 1. The molecule has 2 aromatic rings. The predicted molar refractivity (Wildman–Crippen MR) is 103 cm³/mol. The summed E-state index contributed by atoms with van der Waals surface area (Å²) in [5.74, 6) is 1.20. The van der Waals surface area contributed by atoms with E-state index >= 15 is 0 Å². The fourth-order valence-corrected chi connectivity index (χ4v) is 3.04. The molecule has 1 aliphatic rings. The maximum absolute atomic E-state index is 12.7. The first-order valence-electron chi connectivity index (χ1n) is 9.70. The largest absolute Gasteiger partial charge is 0.486 e. The average molecular weight is 402 g/mol. The third-order valence-corrected chi connectivity index (χ3v) is 4.61. The molecule has 0 saturated carbocycles. The summed E-state index contributed by atoms with van der Waals surface area (Å²) in [6.45, 7) is 8.25. The average Bonchev–Trinajstić information content (AvgIpc) is 3.21. The highest BCUT2D eigenvalue weighted by Gasteiger charge is 2.25. The van der Waals surface area contributed by atoms with E-state index in [1.165, 1.54) is 0 Å². The van der Waals surface area contributed by atoms with E-state index in [2.05, 4.69) is 15.5 Å². The third-order valence-electron chi connectivity index (χ3n) is 4.61. The van der Waals surface area contributed by atoms with Crippen LogP contribution in [0.5, 0.6) is 5.75 Å². The minimum absolute atomic E-state index is 0.0659. The maximum atomic E-state index is 12.7.